The normalized spacial score (nSPS) is 9.76. The summed E-state index contributed by atoms with van der Waals surface area (Å²) in [5, 5.41) is 9.00. The van der Waals surface area contributed by atoms with Gasteiger partial charge in [-0.3, -0.25) is 0 Å². The predicted molar refractivity (Wildman–Crippen MR) is 84.2 cm³/mol. The Morgan fingerprint density at radius 3 is 2.19 bits per heavy atom. The van der Waals surface area contributed by atoms with Gasteiger partial charge in [0.25, 0.3) is 0 Å². The molecule has 0 aliphatic heterocycles. The minimum atomic E-state index is -1.11. The number of carboxylic acid groups (broad SMARTS) is 1. The monoisotopic (exact) mass is 302 g/mol. The van der Waals surface area contributed by atoms with E-state index < -0.39 is 11.9 Å². The summed E-state index contributed by atoms with van der Waals surface area (Å²) in [6, 6.07) is 6.11. The average molecular weight is 302 g/mol. The van der Waals surface area contributed by atoms with E-state index in [-0.39, 0.29) is 40.7 Å². The first-order chi connectivity index (χ1) is 9.66. The Labute approximate surface area is 148 Å². The standard InChI is InChI=1S/C16H22O4.Na.H/c1-2-3-4-5-6-9-12-20-16(19)14-11-8-7-10-13(14)15(17)18;;/h7-8,10-11H,2-6,9,12H2,1H3,(H,17,18);;. The first kappa shape index (κ1) is 20.2. The fourth-order valence-corrected chi connectivity index (χ4v) is 1.97. The van der Waals surface area contributed by atoms with E-state index in [4.69, 9.17) is 9.84 Å². The number of aromatic carboxylic acids is 1. The van der Waals surface area contributed by atoms with Crippen LogP contribution in [0.4, 0.5) is 0 Å². The molecule has 0 aliphatic carbocycles. The molecule has 0 saturated carbocycles. The van der Waals surface area contributed by atoms with Crippen LogP contribution in [0.25, 0.3) is 0 Å². The van der Waals surface area contributed by atoms with Crippen LogP contribution in [0.5, 0.6) is 0 Å². The number of hydrogen-bond acceptors (Lipinski definition) is 3. The molecule has 0 radical (unpaired) electrons. The molecule has 0 heterocycles. The van der Waals surface area contributed by atoms with Crippen molar-refractivity contribution in [2.24, 2.45) is 0 Å². The Morgan fingerprint density at radius 1 is 1.00 bits per heavy atom. The van der Waals surface area contributed by atoms with Crippen LogP contribution < -0.4 is 0 Å². The Bertz CT molecular complexity index is 446. The summed E-state index contributed by atoms with van der Waals surface area (Å²) in [6.07, 6.45) is 6.68. The summed E-state index contributed by atoms with van der Waals surface area (Å²) in [5.74, 6) is -1.67. The van der Waals surface area contributed by atoms with Gasteiger partial charge in [-0.15, -0.1) is 0 Å². The molecule has 4 nitrogen and oxygen atoms in total. The molecule has 0 saturated heterocycles. The first-order valence-corrected chi connectivity index (χ1v) is 7.16. The summed E-state index contributed by atoms with van der Waals surface area (Å²) in [7, 11) is 0. The van der Waals surface area contributed by atoms with E-state index in [0.29, 0.717) is 6.61 Å². The molecule has 5 heteroatoms. The Balaban J connectivity index is 0.00000400. The topological polar surface area (TPSA) is 63.6 Å². The predicted octanol–water partition coefficient (Wildman–Crippen LogP) is 3.25. The van der Waals surface area contributed by atoms with Crippen LogP contribution in [0.1, 0.15) is 66.2 Å². The van der Waals surface area contributed by atoms with Gasteiger partial charge in [0, 0.05) is 0 Å². The van der Waals surface area contributed by atoms with Gasteiger partial charge < -0.3 is 9.84 Å². The Kier molecular flexibility index (Phi) is 11.3. The van der Waals surface area contributed by atoms with Gasteiger partial charge in [-0.2, -0.15) is 0 Å². The molecule has 0 bridgehead atoms. The number of rotatable bonds is 9. The van der Waals surface area contributed by atoms with Crippen molar-refractivity contribution in [1.82, 2.24) is 0 Å². The Morgan fingerprint density at radius 2 is 1.57 bits per heavy atom. The zero-order valence-electron chi connectivity index (χ0n) is 11.9. The maximum atomic E-state index is 11.8. The molecule has 1 N–H and O–H groups in total. The molecule has 0 amide bonds. The second kappa shape index (κ2) is 11.8. The van der Waals surface area contributed by atoms with E-state index in [2.05, 4.69) is 6.92 Å². The van der Waals surface area contributed by atoms with E-state index in [1.54, 1.807) is 12.1 Å². The van der Waals surface area contributed by atoms with Crippen molar-refractivity contribution in [2.75, 3.05) is 6.61 Å². The van der Waals surface area contributed by atoms with Crippen LogP contribution in [-0.4, -0.2) is 53.2 Å². The SMILES string of the molecule is CCCCCCCCOC(=O)c1ccccc1C(=O)O.[NaH]. The quantitative estimate of drug-likeness (QED) is 0.432. The van der Waals surface area contributed by atoms with Crippen LogP contribution in [-0.2, 0) is 4.74 Å². The van der Waals surface area contributed by atoms with E-state index in [9.17, 15) is 9.59 Å². The van der Waals surface area contributed by atoms with Gasteiger partial charge in [0.15, 0.2) is 0 Å². The molecule has 1 rings (SSSR count). The molecular weight excluding hydrogens is 279 g/mol. The molecule has 21 heavy (non-hydrogen) atoms. The number of carboxylic acids is 1. The van der Waals surface area contributed by atoms with Crippen LogP contribution in [0.3, 0.4) is 0 Å². The van der Waals surface area contributed by atoms with E-state index in [1.807, 2.05) is 0 Å². The van der Waals surface area contributed by atoms with Crippen LogP contribution in [0, 0.1) is 0 Å². The molecule has 0 spiro atoms. The number of hydrogen-bond donors (Lipinski definition) is 1. The number of benzene rings is 1. The molecule has 0 aliphatic rings. The molecule has 1 aromatic rings. The third kappa shape index (κ3) is 7.65. The van der Waals surface area contributed by atoms with Gasteiger partial charge in [-0.1, -0.05) is 51.2 Å². The molecule has 1 aromatic carbocycles. The van der Waals surface area contributed by atoms with Gasteiger partial charge in [0.1, 0.15) is 0 Å². The molecular formula is C16H23NaO4. The van der Waals surface area contributed by atoms with Crippen molar-refractivity contribution in [3.63, 3.8) is 0 Å². The van der Waals surface area contributed by atoms with E-state index >= 15 is 0 Å². The molecule has 0 aromatic heterocycles. The van der Waals surface area contributed by atoms with Gasteiger partial charge in [-0.05, 0) is 18.6 Å². The molecule has 0 atom stereocenters. The van der Waals surface area contributed by atoms with Crippen molar-refractivity contribution in [3.8, 4) is 0 Å². The number of carbonyl (C=O) groups is 2. The summed E-state index contributed by atoms with van der Waals surface area (Å²) in [6.45, 7) is 2.51. The van der Waals surface area contributed by atoms with Gasteiger partial charge in [0.05, 0.1) is 17.7 Å². The van der Waals surface area contributed by atoms with Crippen LogP contribution >= 0.6 is 0 Å². The van der Waals surface area contributed by atoms with Crippen molar-refractivity contribution in [3.05, 3.63) is 35.4 Å². The van der Waals surface area contributed by atoms with Crippen molar-refractivity contribution in [1.29, 1.82) is 0 Å². The number of unbranched alkanes of at least 4 members (excludes halogenated alkanes) is 5. The fraction of sp³-hybridized carbons (Fsp3) is 0.500. The first-order valence-electron chi connectivity index (χ1n) is 7.16. The zero-order valence-corrected chi connectivity index (χ0v) is 11.9. The number of ether oxygens (including phenoxy) is 1. The Hall–Kier alpha value is -0.840. The number of esters is 1. The third-order valence-electron chi connectivity index (χ3n) is 3.11. The molecule has 0 unspecified atom stereocenters. The van der Waals surface area contributed by atoms with Crippen molar-refractivity contribution in [2.45, 2.75) is 45.4 Å². The van der Waals surface area contributed by atoms with Gasteiger partial charge >= 0.3 is 41.5 Å². The molecule has 0 fully saturated rings. The second-order valence-electron chi connectivity index (χ2n) is 4.75. The third-order valence-corrected chi connectivity index (χ3v) is 3.11. The zero-order chi connectivity index (χ0) is 14.8. The number of carbonyl (C=O) groups excluding carboxylic acids is 1. The molecule has 112 valence electrons. The minimum absolute atomic E-state index is 0. The van der Waals surface area contributed by atoms with Crippen LogP contribution in [0.2, 0.25) is 0 Å². The van der Waals surface area contributed by atoms with Gasteiger partial charge in [0.2, 0.25) is 0 Å². The average Bonchev–Trinajstić information content (AvgIpc) is 2.46. The van der Waals surface area contributed by atoms with Crippen molar-refractivity contribution < 1.29 is 19.4 Å². The second-order valence-corrected chi connectivity index (χ2v) is 4.75. The van der Waals surface area contributed by atoms with Gasteiger partial charge in [-0.25, -0.2) is 9.59 Å². The fourth-order valence-electron chi connectivity index (χ4n) is 1.97. The summed E-state index contributed by atoms with van der Waals surface area (Å²) >= 11 is 0. The van der Waals surface area contributed by atoms with E-state index in [0.717, 1.165) is 19.3 Å². The van der Waals surface area contributed by atoms with E-state index in [1.165, 1.54) is 31.4 Å². The summed E-state index contributed by atoms with van der Waals surface area (Å²) in [5.41, 5.74) is 0.103. The maximum absolute atomic E-state index is 11.8. The van der Waals surface area contributed by atoms with Crippen LogP contribution in [0.15, 0.2) is 24.3 Å². The summed E-state index contributed by atoms with van der Waals surface area (Å²) in [4.78, 5) is 22.8. The van der Waals surface area contributed by atoms with Crippen molar-refractivity contribution >= 4 is 41.5 Å². The summed E-state index contributed by atoms with van der Waals surface area (Å²) < 4.78 is 5.12.